The summed E-state index contributed by atoms with van der Waals surface area (Å²) in [4.78, 5) is 12.9. The Labute approximate surface area is 184 Å². The zero-order valence-corrected chi connectivity index (χ0v) is 18.7. The molecule has 1 amide bonds. The molecular weight excluding hydrogens is 386 g/mol. The third-order valence-electron chi connectivity index (χ3n) is 6.00. The van der Waals surface area contributed by atoms with E-state index in [0.29, 0.717) is 0 Å². The van der Waals surface area contributed by atoms with Crippen molar-refractivity contribution in [3.63, 3.8) is 0 Å². The lowest BCUT2D eigenvalue weighted by molar-refractivity contribution is -0.0500. The standard InChI is InChI=1S/C27H31NO3/c1-18(21-14-9-12-19-10-5-7-13-22(19)21)28-26(29)31-25(27(2,3)4)24-17-16-20-11-6-8-15-23(20)30-24/h5-15,18,24-25H,16-17H2,1-4H3,(H,28,29)/t18-,24?,25+/m1/s1. The second-order valence-electron chi connectivity index (χ2n) is 9.43. The number of aryl methyl sites for hydroxylation is 1. The molecule has 31 heavy (non-hydrogen) atoms. The zero-order valence-electron chi connectivity index (χ0n) is 18.7. The summed E-state index contributed by atoms with van der Waals surface area (Å²) < 4.78 is 12.3. The molecule has 3 atom stereocenters. The molecule has 0 saturated carbocycles. The number of carbonyl (C=O) groups is 1. The van der Waals surface area contributed by atoms with Crippen molar-refractivity contribution in [1.29, 1.82) is 0 Å². The van der Waals surface area contributed by atoms with Gasteiger partial charge in [-0.25, -0.2) is 4.79 Å². The molecule has 0 saturated heterocycles. The largest absolute Gasteiger partial charge is 0.486 e. The molecule has 1 N–H and O–H groups in total. The maximum absolute atomic E-state index is 12.9. The van der Waals surface area contributed by atoms with Crippen molar-refractivity contribution in [3.8, 4) is 5.75 Å². The molecule has 3 aromatic rings. The van der Waals surface area contributed by atoms with Gasteiger partial charge >= 0.3 is 6.09 Å². The van der Waals surface area contributed by atoms with E-state index < -0.39 is 6.09 Å². The molecule has 0 spiro atoms. The smallest absolute Gasteiger partial charge is 0.408 e. The first kappa shape index (κ1) is 21.2. The van der Waals surface area contributed by atoms with Crippen molar-refractivity contribution in [3.05, 3.63) is 77.9 Å². The lowest BCUT2D eigenvalue weighted by atomic mass is 9.83. The Hall–Kier alpha value is -3.01. The first-order valence-electron chi connectivity index (χ1n) is 11.0. The van der Waals surface area contributed by atoms with Crippen LogP contribution in [0.4, 0.5) is 4.79 Å². The first-order chi connectivity index (χ1) is 14.8. The monoisotopic (exact) mass is 417 g/mol. The van der Waals surface area contributed by atoms with Crippen LogP contribution in [0.5, 0.6) is 5.75 Å². The SMILES string of the molecule is C[C@@H](NC(=O)O[C@@H](C1CCc2ccccc2O1)C(C)(C)C)c1cccc2ccccc12. The average Bonchev–Trinajstić information content (AvgIpc) is 2.76. The quantitative estimate of drug-likeness (QED) is 0.532. The van der Waals surface area contributed by atoms with Gasteiger partial charge in [-0.05, 0) is 47.7 Å². The molecule has 0 fully saturated rings. The lowest BCUT2D eigenvalue weighted by Crippen LogP contribution is -2.47. The topological polar surface area (TPSA) is 47.6 Å². The molecule has 162 valence electrons. The van der Waals surface area contributed by atoms with Gasteiger partial charge in [-0.1, -0.05) is 81.4 Å². The van der Waals surface area contributed by atoms with Crippen LogP contribution in [0.15, 0.2) is 66.7 Å². The number of ether oxygens (including phenoxy) is 2. The molecule has 0 aliphatic carbocycles. The molecule has 0 aromatic heterocycles. The Morgan fingerprint density at radius 1 is 1.03 bits per heavy atom. The van der Waals surface area contributed by atoms with Crippen molar-refractivity contribution in [2.24, 2.45) is 5.41 Å². The summed E-state index contributed by atoms with van der Waals surface area (Å²) >= 11 is 0. The maximum Gasteiger partial charge on any atom is 0.408 e. The van der Waals surface area contributed by atoms with Crippen molar-refractivity contribution in [2.45, 2.75) is 58.8 Å². The number of fused-ring (bicyclic) bond motifs is 2. The number of nitrogens with one attached hydrogen (secondary N) is 1. The van der Waals surface area contributed by atoms with Crippen LogP contribution in [-0.4, -0.2) is 18.3 Å². The summed E-state index contributed by atoms with van der Waals surface area (Å²) in [6.45, 7) is 8.25. The van der Waals surface area contributed by atoms with E-state index in [1.807, 2.05) is 43.3 Å². The predicted octanol–water partition coefficient (Wildman–Crippen LogP) is 6.44. The van der Waals surface area contributed by atoms with E-state index >= 15 is 0 Å². The fourth-order valence-electron chi connectivity index (χ4n) is 4.40. The van der Waals surface area contributed by atoms with Gasteiger partial charge in [0.05, 0.1) is 6.04 Å². The van der Waals surface area contributed by atoms with Crippen molar-refractivity contribution in [2.75, 3.05) is 0 Å². The van der Waals surface area contributed by atoms with Gasteiger partial charge in [-0.15, -0.1) is 0 Å². The summed E-state index contributed by atoms with van der Waals surface area (Å²) in [5.74, 6) is 0.890. The summed E-state index contributed by atoms with van der Waals surface area (Å²) in [5.41, 5.74) is 2.03. The normalized spacial score (nSPS) is 17.9. The summed E-state index contributed by atoms with van der Waals surface area (Å²) in [7, 11) is 0. The Balaban J connectivity index is 1.48. The van der Waals surface area contributed by atoms with Gasteiger partial charge in [-0.3, -0.25) is 0 Å². The minimum Gasteiger partial charge on any atom is -0.486 e. The first-order valence-corrected chi connectivity index (χ1v) is 11.0. The van der Waals surface area contributed by atoms with Crippen LogP contribution >= 0.6 is 0 Å². The van der Waals surface area contributed by atoms with E-state index in [1.54, 1.807) is 0 Å². The minimum atomic E-state index is -0.414. The molecule has 4 rings (SSSR count). The number of hydrogen-bond donors (Lipinski definition) is 1. The fourth-order valence-corrected chi connectivity index (χ4v) is 4.40. The molecule has 3 aromatic carbocycles. The van der Waals surface area contributed by atoms with Gasteiger partial charge in [0, 0.05) is 5.41 Å². The average molecular weight is 418 g/mol. The number of benzene rings is 3. The number of carbonyl (C=O) groups excluding carboxylic acids is 1. The summed E-state index contributed by atoms with van der Waals surface area (Å²) in [5, 5.41) is 5.33. The molecule has 1 aliphatic heterocycles. The van der Waals surface area contributed by atoms with E-state index in [4.69, 9.17) is 9.47 Å². The van der Waals surface area contributed by atoms with Crippen LogP contribution in [0.25, 0.3) is 10.8 Å². The number of para-hydroxylation sites is 1. The Morgan fingerprint density at radius 3 is 2.55 bits per heavy atom. The van der Waals surface area contributed by atoms with Crippen molar-refractivity contribution in [1.82, 2.24) is 5.32 Å². The molecule has 4 nitrogen and oxygen atoms in total. The second-order valence-corrected chi connectivity index (χ2v) is 9.43. The Kier molecular flexibility index (Phi) is 5.90. The fraction of sp³-hybridized carbons (Fsp3) is 0.370. The third-order valence-corrected chi connectivity index (χ3v) is 6.00. The van der Waals surface area contributed by atoms with Crippen molar-refractivity contribution < 1.29 is 14.3 Å². The molecule has 0 radical (unpaired) electrons. The molecule has 1 heterocycles. The highest BCUT2D eigenvalue weighted by atomic mass is 16.6. The van der Waals surface area contributed by atoms with E-state index in [-0.39, 0.29) is 23.7 Å². The summed E-state index contributed by atoms with van der Waals surface area (Å²) in [6.07, 6.45) is 0.799. The zero-order chi connectivity index (χ0) is 22.0. The lowest BCUT2D eigenvalue weighted by Gasteiger charge is -2.38. The van der Waals surface area contributed by atoms with E-state index in [0.717, 1.165) is 34.9 Å². The predicted molar refractivity (Wildman–Crippen MR) is 124 cm³/mol. The highest BCUT2D eigenvalue weighted by Crippen LogP contribution is 2.35. The molecule has 0 bridgehead atoms. The number of alkyl carbamates (subject to hydrolysis) is 1. The van der Waals surface area contributed by atoms with Crippen LogP contribution in [0, 0.1) is 5.41 Å². The van der Waals surface area contributed by atoms with Crippen LogP contribution in [0.2, 0.25) is 0 Å². The van der Waals surface area contributed by atoms with E-state index in [2.05, 4.69) is 56.4 Å². The van der Waals surface area contributed by atoms with Crippen LogP contribution in [0.1, 0.15) is 51.3 Å². The second kappa shape index (κ2) is 8.62. The Morgan fingerprint density at radius 2 is 1.74 bits per heavy atom. The van der Waals surface area contributed by atoms with E-state index in [9.17, 15) is 4.79 Å². The minimum absolute atomic E-state index is 0.173. The van der Waals surface area contributed by atoms with Crippen LogP contribution in [0.3, 0.4) is 0 Å². The maximum atomic E-state index is 12.9. The molecule has 1 aliphatic rings. The summed E-state index contributed by atoms with van der Waals surface area (Å²) in [6, 6.07) is 22.3. The molecule has 1 unspecified atom stereocenters. The van der Waals surface area contributed by atoms with Crippen LogP contribution in [-0.2, 0) is 11.2 Å². The highest BCUT2D eigenvalue weighted by Gasteiger charge is 2.39. The van der Waals surface area contributed by atoms with Crippen molar-refractivity contribution >= 4 is 16.9 Å². The molecule has 4 heteroatoms. The number of amides is 1. The van der Waals surface area contributed by atoms with Crippen LogP contribution < -0.4 is 10.1 Å². The van der Waals surface area contributed by atoms with Gasteiger partial charge in [0.25, 0.3) is 0 Å². The number of hydrogen-bond acceptors (Lipinski definition) is 3. The Bertz CT molecular complexity index is 1060. The van der Waals surface area contributed by atoms with Gasteiger partial charge in [-0.2, -0.15) is 0 Å². The third kappa shape index (κ3) is 4.68. The van der Waals surface area contributed by atoms with Gasteiger partial charge in [0.2, 0.25) is 0 Å². The highest BCUT2D eigenvalue weighted by molar-refractivity contribution is 5.86. The van der Waals surface area contributed by atoms with E-state index in [1.165, 1.54) is 5.56 Å². The molecular formula is C27H31NO3. The van der Waals surface area contributed by atoms with Gasteiger partial charge in [0.15, 0.2) is 0 Å². The number of rotatable bonds is 4. The van der Waals surface area contributed by atoms with Gasteiger partial charge in [0.1, 0.15) is 18.0 Å². The van der Waals surface area contributed by atoms with Gasteiger partial charge < -0.3 is 14.8 Å².